The van der Waals surface area contributed by atoms with E-state index in [1.165, 1.54) is 12.1 Å². The van der Waals surface area contributed by atoms with E-state index in [0.29, 0.717) is 17.5 Å². The molecule has 0 aliphatic heterocycles. The first-order chi connectivity index (χ1) is 11.7. The second-order valence-electron chi connectivity index (χ2n) is 5.78. The monoisotopic (exact) mass is 372 g/mol. The number of anilines is 3. The lowest BCUT2D eigenvalue weighted by Crippen LogP contribution is -2.21. The van der Waals surface area contributed by atoms with E-state index in [9.17, 15) is 13.2 Å². The van der Waals surface area contributed by atoms with E-state index >= 15 is 0 Å². The Kier molecular flexibility index (Phi) is 6.11. The summed E-state index contributed by atoms with van der Waals surface area (Å²) in [5.74, 6) is 0.775. The largest absolute Gasteiger partial charge is 0.418 e. The van der Waals surface area contributed by atoms with Crippen LogP contribution in [0, 0.1) is 6.92 Å². The van der Waals surface area contributed by atoms with Crippen LogP contribution >= 0.6 is 11.6 Å². The maximum Gasteiger partial charge on any atom is 0.418 e. The first-order valence-electron chi connectivity index (χ1n) is 7.91. The number of nitrogens with one attached hydrogen (secondary N) is 1. The zero-order valence-electron chi connectivity index (χ0n) is 14.3. The Hall–Kier alpha value is -2.02. The molecule has 1 N–H and O–H groups in total. The quantitative estimate of drug-likeness (QED) is 0.733. The molecule has 2 aromatic rings. The lowest BCUT2D eigenvalue weighted by Gasteiger charge is -2.19. The summed E-state index contributed by atoms with van der Waals surface area (Å²) in [6, 6.07) is 5.20. The maximum absolute atomic E-state index is 13.2. The normalized spacial score (nSPS) is 11.5. The molecule has 2 rings (SSSR count). The number of aromatic nitrogens is 2. The Bertz CT molecular complexity index is 734. The van der Waals surface area contributed by atoms with Crippen LogP contribution in [0.1, 0.15) is 31.0 Å². The Morgan fingerprint density at radius 3 is 2.56 bits per heavy atom. The van der Waals surface area contributed by atoms with Crippen LogP contribution < -0.4 is 10.2 Å². The number of nitrogens with zero attached hydrogens (tertiary/aromatic N) is 3. The van der Waals surface area contributed by atoms with Gasteiger partial charge in [0.2, 0.25) is 5.95 Å². The minimum Gasteiger partial charge on any atom is -0.344 e. The van der Waals surface area contributed by atoms with Gasteiger partial charge in [-0.1, -0.05) is 24.9 Å². The first kappa shape index (κ1) is 19.3. The van der Waals surface area contributed by atoms with Crippen molar-refractivity contribution in [3.8, 4) is 0 Å². The molecule has 1 aromatic heterocycles. The molecule has 0 saturated carbocycles. The van der Waals surface area contributed by atoms with E-state index in [2.05, 4.69) is 22.2 Å². The predicted octanol–water partition coefficient (Wildman–Crippen LogP) is 5.44. The number of unbranched alkanes of at least 4 members (excludes halogenated alkanes) is 1. The van der Waals surface area contributed by atoms with E-state index in [-0.39, 0.29) is 10.7 Å². The zero-order chi connectivity index (χ0) is 18.6. The number of aryl methyl sites for hydroxylation is 1. The number of hydrogen-bond donors (Lipinski definition) is 1. The van der Waals surface area contributed by atoms with Crippen molar-refractivity contribution >= 4 is 29.1 Å². The van der Waals surface area contributed by atoms with Gasteiger partial charge in [0.25, 0.3) is 0 Å². The second kappa shape index (κ2) is 7.91. The fourth-order valence-electron chi connectivity index (χ4n) is 2.28. The molecule has 0 atom stereocenters. The average Bonchev–Trinajstić information content (AvgIpc) is 2.52. The van der Waals surface area contributed by atoms with Crippen LogP contribution in [0.3, 0.4) is 0 Å². The van der Waals surface area contributed by atoms with Gasteiger partial charge in [0, 0.05) is 30.4 Å². The number of rotatable bonds is 6. The number of halogens is 4. The van der Waals surface area contributed by atoms with Gasteiger partial charge in [-0.2, -0.15) is 18.2 Å². The summed E-state index contributed by atoms with van der Waals surface area (Å²) in [7, 11) is 1.86. The van der Waals surface area contributed by atoms with Gasteiger partial charge in [0.1, 0.15) is 5.82 Å². The highest BCUT2D eigenvalue weighted by molar-refractivity contribution is 6.30. The molecule has 1 heterocycles. The lowest BCUT2D eigenvalue weighted by atomic mass is 10.1. The van der Waals surface area contributed by atoms with Gasteiger partial charge >= 0.3 is 6.18 Å². The van der Waals surface area contributed by atoms with Crippen LogP contribution in [-0.4, -0.2) is 23.6 Å². The molecule has 1 aromatic carbocycles. The van der Waals surface area contributed by atoms with Crippen LogP contribution in [0.4, 0.5) is 30.6 Å². The third kappa shape index (κ3) is 5.22. The highest BCUT2D eigenvalue weighted by Gasteiger charge is 2.34. The Labute approximate surface area is 150 Å². The molecule has 0 amide bonds. The molecule has 8 heteroatoms. The summed E-state index contributed by atoms with van der Waals surface area (Å²) < 4.78 is 39.7. The fraction of sp³-hybridized carbons (Fsp3) is 0.412. The van der Waals surface area contributed by atoms with Crippen molar-refractivity contribution in [2.24, 2.45) is 0 Å². The van der Waals surface area contributed by atoms with Crippen LogP contribution in [0.15, 0.2) is 24.3 Å². The molecule has 136 valence electrons. The Morgan fingerprint density at radius 1 is 1.20 bits per heavy atom. The molecular formula is C17H20ClF3N4. The summed E-state index contributed by atoms with van der Waals surface area (Å²) in [6.07, 6.45) is -2.51. The molecule has 0 bridgehead atoms. The van der Waals surface area contributed by atoms with Crippen LogP contribution in [0.2, 0.25) is 5.02 Å². The third-order valence-corrected chi connectivity index (χ3v) is 3.82. The van der Waals surface area contributed by atoms with Crippen molar-refractivity contribution in [2.45, 2.75) is 32.9 Å². The van der Waals surface area contributed by atoms with Crippen LogP contribution in [0.25, 0.3) is 0 Å². The van der Waals surface area contributed by atoms with E-state index in [1.807, 2.05) is 11.9 Å². The van der Waals surface area contributed by atoms with Gasteiger partial charge in [-0.05, 0) is 31.5 Å². The van der Waals surface area contributed by atoms with Crippen LogP contribution in [-0.2, 0) is 6.18 Å². The molecule has 0 unspecified atom stereocenters. The molecular weight excluding hydrogens is 353 g/mol. The van der Waals surface area contributed by atoms with Crippen molar-refractivity contribution in [3.05, 3.63) is 40.5 Å². The zero-order valence-corrected chi connectivity index (χ0v) is 15.0. The van der Waals surface area contributed by atoms with E-state index in [0.717, 1.165) is 25.5 Å². The minimum absolute atomic E-state index is 0.0248. The van der Waals surface area contributed by atoms with E-state index < -0.39 is 11.7 Å². The number of benzene rings is 1. The Balaban J connectivity index is 2.34. The van der Waals surface area contributed by atoms with E-state index in [4.69, 9.17) is 11.6 Å². The SMILES string of the molecule is CCCCN(C)c1nc(C)cc(Nc2ccc(Cl)cc2C(F)(F)F)n1. The molecule has 0 aliphatic rings. The van der Waals surface area contributed by atoms with Gasteiger partial charge in [-0.3, -0.25) is 0 Å². The van der Waals surface area contributed by atoms with Crippen molar-refractivity contribution in [1.82, 2.24) is 9.97 Å². The highest BCUT2D eigenvalue weighted by atomic mass is 35.5. The van der Waals surface area contributed by atoms with Crippen molar-refractivity contribution in [1.29, 1.82) is 0 Å². The lowest BCUT2D eigenvalue weighted by molar-refractivity contribution is -0.136. The fourth-order valence-corrected chi connectivity index (χ4v) is 2.45. The predicted molar refractivity (Wildman–Crippen MR) is 94.7 cm³/mol. The molecule has 0 saturated heterocycles. The standard InChI is InChI=1S/C17H20ClF3N4/c1-4-5-8-25(3)16-22-11(2)9-15(24-16)23-14-7-6-12(18)10-13(14)17(19,20)21/h6-7,9-10H,4-5,8H2,1-3H3,(H,22,23,24). The molecule has 0 fully saturated rings. The minimum atomic E-state index is -4.52. The summed E-state index contributed by atoms with van der Waals surface area (Å²) in [5.41, 5.74) is -0.271. The summed E-state index contributed by atoms with van der Waals surface area (Å²) in [5, 5.41) is 2.77. The summed E-state index contributed by atoms with van der Waals surface area (Å²) in [6.45, 7) is 4.63. The molecule has 0 aliphatic carbocycles. The number of alkyl halides is 3. The topological polar surface area (TPSA) is 41.1 Å². The average molecular weight is 373 g/mol. The summed E-state index contributed by atoms with van der Waals surface area (Å²) in [4.78, 5) is 10.6. The summed E-state index contributed by atoms with van der Waals surface area (Å²) >= 11 is 5.71. The van der Waals surface area contributed by atoms with E-state index in [1.54, 1.807) is 13.0 Å². The van der Waals surface area contributed by atoms with Crippen molar-refractivity contribution in [2.75, 3.05) is 23.8 Å². The second-order valence-corrected chi connectivity index (χ2v) is 6.22. The molecule has 0 radical (unpaired) electrons. The Morgan fingerprint density at radius 2 is 1.92 bits per heavy atom. The van der Waals surface area contributed by atoms with Gasteiger partial charge in [0.15, 0.2) is 0 Å². The molecule has 25 heavy (non-hydrogen) atoms. The highest BCUT2D eigenvalue weighted by Crippen LogP contribution is 2.37. The maximum atomic E-state index is 13.2. The van der Waals surface area contributed by atoms with Gasteiger partial charge in [-0.15, -0.1) is 0 Å². The first-order valence-corrected chi connectivity index (χ1v) is 8.29. The van der Waals surface area contributed by atoms with Gasteiger partial charge in [0.05, 0.1) is 11.3 Å². The number of hydrogen-bond acceptors (Lipinski definition) is 4. The van der Waals surface area contributed by atoms with Crippen LogP contribution in [0.5, 0.6) is 0 Å². The van der Waals surface area contributed by atoms with Crippen molar-refractivity contribution < 1.29 is 13.2 Å². The smallest absolute Gasteiger partial charge is 0.344 e. The van der Waals surface area contributed by atoms with Gasteiger partial charge in [-0.25, -0.2) is 4.98 Å². The molecule has 0 spiro atoms. The third-order valence-electron chi connectivity index (χ3n) is 3.58. The van der Waals surface area contributed by atoms with Gasteiger partial charge < -0.3 is 10.2 Å². The molecule has 4 nitrogen and oxygen atoms in total. The van der Waals surface area contributed by atoms with Crippen molar-refractivity contribution in [3.63, 3.8) is 0 Å².